The summed E-state index contributed by atoms with van der Waals surface area (Å²) in [5, 5.41) is 3.34. The van der Waals surface area contributed by atoms with Crippen molar-refractivity contribution in [2.24, 2.45) is 0 Å². The van der Waals surface area contributed by atoms with E-state index in [9.17, 15) is 4.79 Å². The first kappa shape index (κ1) is 14.1. The molecule has 0 saturated carbocycles. The summed E-state index contributed by atoms with van der Waals surface area (Å²) in [7, 11) is 0. The number of amides is 1. The average Bonchev–Trinajstić information content (AvgIpc) is 2.37. The van der Waals surface area contributed by atoms with E-state index in [1.165, 1.54) is 5.56 Å². The van der Waals surface area contributed by atoms with Gasteiger partial charge in [0.1, 0.15) is 0 Å². The molecule has 0 aliphatic carbocycles. The normalized spacial score (nSPS) is 10.3. The first-order valence-corrected chi connectivity index (χ1v) is 7.02. The number of nitrogens with one attached hydrogen (secondary N) is 1. The molecule has 2 aromatic rings. The van der Waals surface area contributed by atoms with Crippen LogP contribution in [0.15, 0.2) is 46.9 Å². The first-order valence-electron chi connectivity index (χ1n) is 5.85. The second-order valence-corrected chi connectivity index (χ2v) is 5.66. The molecule has 4 heteroatoms. The van der Waals surface area contributed by atoms with Crippen LogP contribution in [0.5, 0.6) is 0 Å². The van der Waals surface area contributed by atoms with Gasteiger partial charge in [0.2, 0.25) is 5.91 Å². The molecule has 19 heavy (non-hydrogen) atoms. The Morgan fingerprint density at radius 2 is 1.89 bits per heavy atom. The highest BCUT2D eigenvalue weighted by atomic mass is 79.9. The number of benzene rings is 2. The largest absolute Gasteiger partial charge is 0.324 e. The van der Waals surface area contributed by atoms with Gasteiger partial charge in [0.25, 0.3) is 0 Å². The second kappa shape index (κ2) is 6.22. The van der Waals surface area contributed by atoms with E-state index in [1.807, 2.05) is 37.3 Å². The number of carbonyl (C=O) groups is 1. The van der Waals surface area contributed by atoms with E-state index in [0.29, 0.717) is 17.1 Å². The van der Waals surface area contributed by atoms with Crippen LogP contribution in [0.3, 0.4) is 0 Å². The minimum Gasteiger partial charge on any atom is -0.324 e. The van der Waals surface area contributed by atoms with Crippen molar-refractivity contribution in [2.75, 3.05) is 5.32 Å². The monoisotopic (exact) mass is 337 g/mol. The molecule has 2 aromatic carbocycles. The van der Waals surface area contributed by atoms with Gasteiger partial charge in [-0.15, -0.1) is 0 Å². The summed E-state index contributed by atoms with van der Waals surface area (Å²) < 4.78 is 0.877. The van der Waals surface area contributed by atoms with E-state index in [-0.39, 0.29) is 5.91 Å². The van der Waals surface area contributed by atoms with E-state index in [1.54, 1.807) is 12.1 Å². The molecule has 0 aliphatic rings. The molecule has 1 N–H and O–H groups in total. The molecule has 0 aromatic heterocycles. The molecule has 0 aliphatic heterocycles. The van der Waals surface area contributed by atoms with Crippen molar-refractivity contribution >= 4 is 39.1 Å². The van der Waals surface area contributed by atoms with E-state index >= 15 is 0 Å². The molecule has 98 valence electrons. The minimum atomic E-state index is -0.0798. The first-order chi connectivity index (χ1) is 9.04. The molecule has 0 saturated heterocycles. The Bertz CT molecular complexity index is 596. The Hall–Kier alpha value is -1.32. The van der Waals surface area contributed by atoms with Gasteiger partial charge in [0.15, 0.2) is 0 Å². The molecule has 0 heterocycles. The average molecular weight is 339 g/mol. The number of hydrogen-bond acceptors (Lipinski definition) is 1. The maximum atomic E-state index is 11.9. The van der Waals surface area contributed by atoms with Crippen molar-refractivity contribution < 1.29 is 4.79 Å². The predicted octanol–water partition coefficient (Wildman–Crippen LogP) is 4.59. The van der Waals surface area contributed by atoms with Crippen molar-refractivity contribution in [1.29, 1.82) is 0 Å². The van der Waals surface area contributed by atoms with Crippen LogP contribution in [0.4, 0.5) is 5.69 Å². The van der Waals surface area contributed by atoms with E-state index < -0.39 is 0 Å². The molecule has 0 fully saturated rings. The molecule has 0 bridgehead atoms. The number of halogens is 2. The zero-order valence-electron chi connectivity index (χ0n) is 10.4. The summed E-state index contributed by atoms with van der Waals surface area (Å²) in [5.41, 5.74) is 2.78. The SMILES string of the molecule is Cc1ccc(CC(=O)Nc2cc(Br)ccc2Cl)cc1. The third-order valence-electron chi connectivity index (χ3n) is 2.69. The second-order valence-electron chi connectivity index (χ2n) is 4.33. The van der Waals surface area contributed by atoms with E-state index in [0.717, 1.165) is 10.0 Å². The van der Waals surface area contributed by atoms with Gasteiger partial charge >= 0.3 is 0 Å². The lowest BCUT2D eigenvalue weighted by Crippen LogP contribution is -2.14. The number of hydrogen-bond donors (Lipinski definition) is 1. The summed E-state index contributed by atoms with van der Waals surface area (Å²) in [4.78, 5) is 11.9. The van der Waals surface area contributed by atoms with Gasteiger partial charge in [0.05, 0.1) is 17.1 Å². The van der Waals surface area contributed by atoms with Crippen LogP contribution in [0.25, 0.3) is 0 Å². The van der Waals surface area contributed by atoms with E-state index in [4.69, 9.17) is 11.6 Å². The fraction of sp³-hybridized carbons (Fsp3) is 0.133. The highest BCUT2D eigenvalue weighted by Gasteiger charge is 2.07. The number of carbonyl (C=O) groups excluding carboxylic acids is 1. The van der Waals surface area contributed by atoms with Crippen molar-refractivity contribution in [3.05, 3.63) is 63.1 Å². The fourth-order valence-corrected chi connectivity index (χ4v) is 2.20. The van der Waals surface area contributed by atoms with Crippen molar-refractivity contribution in [3.63, 3.8) is 0 Å². The van der Waals surface area contributed by atoms with Crippen LogP contribution in [-0.2, 0) is 11.2 Å². The van der Waals surface area contributed by atoms with Gasteiger partial charge in [-0.05, 0) is 30.7 Å². The summed E-state index contributed by atoms with van der Waals surface area (Å²) >= 11 is 9.38. The number of rotatable bonds is 3. The van der Waals surface area contributed by atoms with Crippen LogP contribution in [0, 0.1) is 6.92 Å². The predicted molar refractivity (Wildman–Crippen MR) is 82.7 cm³/mol. The molecule has 1 amide bonds. The smallest absolute Gasteiger partial charge is 0.228 e. The van der Waals surface area contributed by atoms with E-state index in [2.05, 4.69) is 21.2 Å². The van der Waals surface area contributed by atoms with Crippen LogP contribution >= 0.6 is 27.5 Å². The van der Waals surface area contributed by atoms with Gasteiger partial charge in [-0.3, -0.25) is 4.79 Å². The quantitative estimate of drug-likeness (QED) is 0.871. The summed E-state index contributed by atoms with van der Waals surface area (Å²) in [6, 6.07) is 13.3. The summed E-state index contributed by atoms with van der Waals surface area (Å²) in [6.45, 7) is 2.02. The Labute approximate surface area is 125 Å². The molecule has 2 nitrogen and oxygen atoms in total. The van der Waals surface area contributed by atoms with Gasteiger partial charge in [-0.25, -0.2) is 0 Å². The third kappa shape index (κ3) is 4.08. The van der Waals surface area contributed by atoms with Gasteiger partial charge in [-0.2, -0.15) is 0 Å². The molecule has 0 spiro atoms. The Morgan fingerprint density at radius 3 is 2.58 bits per heavy atom. The zero-order valence-corrected chi connectivity index (χ0v) is 12.8. The standard InChI is InChI=1S/C15H13BrClNO/c1-10-2-4-11(5-3-10)8-15(19)18-14-9-12(16)6-7-13(14)17/h2-7,9H,8H2,1H3,(H,18,19). The van der Waals surface area contributed by atoms with Crippen molar-refractivity contribution in [2.45, 2.75) is 13.3 Å². The molecule has 0 radical (unpaired) electrons. The van der Waals surface area contributed by atoms with Crippen LogP contribution in [0.2, 0.25) is 5.02 Å². The minimum absolute atomic E-state index is 0.0798. The molecule has 0 atom stereocenters. The lowest BCUT2D eigenvalue weighted by Gasteiger charge is -2.08. The Kier molecular flexibility index (Phi) is 4.61. The highest BCUT2D eigenvalue weighted by molar-refractivity contribution is 9.10. The molecular weight excluding hydrogens is 326 g/mol. The summed E-state index contributed by atoms with van der Waals surface area (Å²) in [6.07, 6.45) is 0.336. The molecule has 2 rings (SSSR count). The van der Waals surface area contributed by atoms with Crippen LogP contribution in [0.1, 0.15) is 11.1 Å². The van der Waals surface area contributed by atoms with Crippen molar-refractivity contribution in [3.8, 4) is 0 Å². The third-order valence-corrected chi connectivity index (χ3v) is 3.51. The lowest BCUT2D eigenvalue weighted by molar-refractivity contribution is -0.115. The van der Waals surface area contributed by atoms with Gasteiger partial charge in [-0.1, -0.05) is 57.4 Å². The summed E-state index contributed by atoms with van der Waals surface area (Å²) in [5.74, 6) is -0.0798. The highest BCUT2D eigenvalue weighted by Crippen LogP contribution is 2.25. The number of anilines is 1. The maximum absolute atomic E-state index is 11.9. The maximum Gasteiger partial charge on any atom is 0.228 e. The van der Waals surface area contributed by atoms with Gasteiger partial charge in [0, 0.05) is 4.47 Å². The topological polar surface area (TPSA) is 29.1 Å². The fourth-order valence-electron chi connectivity index (χ4n) is 1.68. The van der Waals surface area contributed by atoms with Crippen molar-refractivity contribution in [1.82, 2.24) is 0 Å². The van der Waals surface area contributed by atoms with Crippen LogP contribution in [-0.4, -0.2) is 5.91 Å². The zero-order chi connectivity index (χ0) is 13.8. The molecular formula is C15H13BrClNO. The Morgan fingerprint density at radius 1 is 1.21 bits per heavy atom. The Balaban J connectivity index is 2.05. The lowest BCUT2D eigenvalue weighted by atomic mass is 10.1. The molecule has 0 unspecified atom stereocenters. The van der Waals surface area contributed by atoms with Crippen LogP contribution < -0.4 is 5.32 Å². The van der Waals surface area contributed by atoms with Gasteiger partial charge < -0.3 is 5.32 Å². The number of aryl methyl sites for hydroxylation is 1.